The van der Waals surface area contributed by atoms with Gasteiger partial charge in [-0.1, -0.05) is 49.7 Å². The Morgan fingerprint density at radius 3 is 2.05 bits per heavy atom. The fourth-order valence-corrected chi connectivity index (χ4v) is 8.18. The predicted octanol–water partition coefficient (Wildman–Crippen LogP) is 9.47. The van der Waals surface area contributed by atoms with Gasteiger partial charge in [-0.05, 0) is 94.4 Å². The van der Waals surface area contributed by atoms with Crippen molar-refractivity contribution in [2.45, 2.75) is 118 Å². The number of hydrogen-bond donors (Lipinski definition) is 0. The predicted molar refractivity (Wildman–Crippen MR) is 168 cm³/mol. The number of esters is 1. The Bertz CT molecular complexity index is 1170. The third kappa shape index (κ3) is 9.81. The molecular formula is C32H50O9P2+2. The fourth-order valence-electron chi connectivity index (χ4n) is 5.13. The molecule has 0 amide bonds. The van der Waals surface area contributed by atoms with Crippen molar-refractivity contribution in [2.75, 3.05) is 13.2 Å². The Hall–Kier alpha value is -2.37. The first-order chi connectivity index (χ1) is 20.2. The van der Waals surface area contributed by atoms with Gasteiger partial charge in [-0.15, -0.1) is 0 Å². The lowest BCUT2D eigenvalue weighted by molar-refractivity contribution is -0.134. The summed E-state index contributed by atoms with van der Waals surface area (Å²) in [6.07, 6.45) is 4.54. The van der Waals surface area contributed by atoms with Crippen molar-refractivity contribution in [1.82, 2.24) is 0 Å². The molecule has 240 valence electrons. The largest absolute Gasteiger partial charge is 0.560 e. The molecule has 43 heavy (non-hydrogen) atoms. The van der Waals surface area contributed by atoms with Crippen LogP contribution in [0.1, 0.15) is 104 Å². The van der Waals surface area contributed by atoms with Crippen molar-refractivity contribution in [1.29, 1.82) is 0 Å². The van der Waals surface area contributed by atoms with Crippen LogP contribution in [-0.4, -0.2) is 41.6 Å². The van der Waals surface area contributed by atoms with Crippen LogP contribution in [0.3, 0.4) is 0 Å². The lowest BCUT2D eigenvalue weighted by Crippen LogP contribution is -2.43. The molecule has 0 N–H and O–H groups in total. The summed E-state index contributed by atoms with van der Waals surface area (Å²) >= 11 is 0. The zero-order valence-corrected chi connectivity index (χ0v) is 29.1. The van der Waals surface area contributed by atoms with Crippen LogP contribution in [0, 0.1) is 31.6 Å². The first-order valence-corrected chi connectivity index (χ1v) is 18.1. The Morgan fingerprint density at radius 1 is 0.930 bits per heavy atom. The zero-order valence-electron chi connectivity index (χ0n) is 27.3. The summed E-state index contributed by atoms with van der Waals surface area (Å²) in [4.78, 5) is 37.1. The van der Waals surface area contributed by atoms with Gasteiger partial charge >= 0.3 is 38.4 Å². The molecule has 9 nitrogen and oxygen atoms in total. The van der Waals surface area contributed by atoms with E-state index in [-0.39, 0.29) is 31.7 Å². The number of aryl methyl sites for hydroxylation is 1. The molecule has 0 aliphatic carbocycles. The highest BCUT2D eigenvalue weighted by Gasteiger charge is 2.58. The van der Waals surface area contributed by atoms with Crippen molar-refractivity contribution in [3.63, 3.8) is 0 Å². The summed E-state index contributed by atoms with van der Waals surface area (Å²) in [7, 11) is -5.69. The normalized spacial score (nSPS) is 18.9. The number of carbonyl (C=O) groups excluding carboxylic acids is 3. The topological polar surface area (TPSA) is 122 Å². The van der Waals surface area contributed by atoms with Crippen molar-refractivity contribution in [3.8, 4) is 11.5 Å². The molecule has 0 radical (unpaired) electrons. The van der Waals surface area contributed by atoms with Crippen molar-refractivity contribution in [2.24, 2.45) is 17.8 Å². The smallest absolute Gasteiger partial charge is 0.487 e. The number of fused-ring (bicyclic) bond motifs is 1. The quantitative estimate of drug-likeness (QED) is 0.0987. The van der Waals surface area contributed by atoms with E-state index < -0.39 is 38.4 Å². The standard InChI is InChI=1S/C32H50O9P2/c1-10-38-30(34)42(36)28(43(37)31(35)39-11-2)16-15-27(33)40-26-19-25-17-18-32(9,41-29(25)24(8)23(26)7)22(6)14-12-13-21(5)20(3)4/h19-22,28H,10-18H2,1-9H3/q+2. The lowest BCUT2D eigenvalue weighted by atomic mass is 9.79. The second kappa shape index (κ2) is 16.6. The average molecular weight is 641 g/mol. The molecule has 0 spiro atoms. The van der Waals surface area contributed by atoms with Gasteiger partial charge < -0.3 is 18.9 Å². The van der Waals surface area contributed by atoms with E-state index in [0.717, 1.165) is 41.7 Å². The SMILES string of the molecule is CCOC(=O)[P+](=O)C(CCC(=O)Oc1cc2c(c(C)c1C)OC(C)(C(C)CCCC(C)C(C)C)CC2)[P+](=O)C(=O)OCC. The van der Waals surface area contributed by atoms with E-state index in [2.05, 4.69) is 34.6 Å². The molecule has 2 rings (SSSR count). The van der Waals surface area contributed by atoms with E-state index in [1.165, 1.54) is 12.8 Å². The number of benzene rings is 1. The Morgan fingerprint density at radius 2 is 1.51 bits per heavy atom. The summed E-state index contributed by atoms with van der Waals surface area (Å²) in [5.41, 5.74) is 0.232. The van der Waals surface area contributed by atoms with Crippen molar-refractivity contribution >= 4 is 33.0 Å². The first-order valence-electron chi connectivity index (χ1n) is 15.5. The molecule has 11 heteroatoms. The second-order valence-electron chi connectivity index (χ2n) is 12.1. The molecule has 0 saturated heterocycles. The molecule has 1 aromatic carbocycles. The van der Waals surface area contributed by atoms with Crippen LogP contribution in [0.25, 0.3) is 0 Å². The number of carbonyl (C=O) groups is 3. The molecule has 1 heterocycles. The third-order valence-corrected chi connectivity index (χ3v) is 12.7. The highest BCUT2D eigenvalue weighted by Crippen LogP contribution is 2.50. The maximum atomic E-state index is 12.9. The molecule has 1 aliphatic rings. The van der Waals surface area contributed by atoms with Crippen LogP contribution in [-0.2, 0) is 29.8 Å². The van der Waals surface area contributed by atoms with Gasteiger partial charge in [0.25, 0.3) is 0 Å². The third-order valence-electron chi connectivity index (χ3n) is 8.84. The van der Waals surface area contributed by atoms with E-state index in [1.807, 2.05) is 19.9 Å². The van der Waals surface area contributed by atoms with Crippen LogP contribution in [0.2, 0.25) is 0 Å². The van der Waals surface area contributed by atoms with Gasteiger partial charge in [0.1, 0.15) is 17.1 Å². The van der Waals surface area contributed by atoms with Gasteiger partial charge in [0.05, 0.1) is 26.1 Å². The van der Waals surface area contributed by atoms with Crippen LogP contribution in [0.4, 0.5) is 9.59 Å². The van der Waals surface area contributed by atoms with Gasteiger partial charge in [0.15, 0.2) is 0 Å². The Kier molecular flexibility index (Phi) is 14.2. The molecular weight excluding hydrogens is 590 g/mol. The van der Waals surface area contributed by atoms with Gasteiger partial charge in [-0.3, -0.25) is 4.79 Å². The second-order valence-corrected chi connectivity index (χ2v) is 15.8. The monoisotopic (exact) mass is 640 g/mol. The molecule has 0 bridgehead atoms. The minimum atomic E-state index is -2.85. The van der Waals surface area contributed by atoms with Crippen LogP contribution in [0.15, 0.2) is 6.07 Å². The first kappa shape index (κ1) is 36.8. The van der Waals surface area contributed by atoms with Crippen LogP contribution in [0.5, 0.6) is 11.5 Å². The highest BCUT2D eigenvalue weighted by atomic mass is 31.2. The maximum absolute atomic E-state index is 12.9. The summed E-state index contributed by atoms with van der Waals surface area (Å²) in [5.74, 6) is 2.34. The summed E-state index contributed by atoms with van der Waals surface area (Å²) in [6.45, 7) is 18.2. The van der Waals surface area contributed by atoms with Crippen molar-refractivity contribution < 1.29 is 42.5 Å². The molecule has 1 aromatic rings. The lowest BCUT2D eigenvalue weighted by Gasteiger charge is -2.41. The van der Waals surface area contributed by atoms with Crippen LogP contribution >= 0.6 is 15.6 Å². The molecule has 5 atom stereocenters. The van der Waals surface area contributed by atoms with E-state index in [4.69, 9.17) is 18.9 Å². The number of ether oxygens (including phenoxy) is 4. The average Bonchev–Trinajstić information content (AvgIpc) is 2.96. The minimum Gasteiger partial charge on any atom is -0.487 e. The fraction of sp³-hybridized carbons (Fsp3) is 0.719. The zero-order chi connectivity index (χ0) is 32.5. The molecule has 0 aromatic heterocycles. The minimum absolute atomic E-state index is 0.0266. The van der Waals surface area contributed by atoms with Gasteiger partial charge in [-0.25, -0.2) is 0 Å². The van der Waals surface area contributed by atoms with E-state index in [9.17, 15) is 23.5 Å². The van der Waals surface area contributed by atoms with Gasteiger partial charge in [-0.2, -0.15) is 9.59 Å². The highest BCUT2D eigenvalue weighted by molar-refractivity contribution is 7.79. The summed E-state index contributed by atoms with van der Waals surface area (Å²) < 4.78 is 47.5. The molecule has 1 aliphatic heterocycles. The van der Waals surface area contributed by atoms with Crippen LogP contribution < -0.4 is 9.47 Å². The van der Waals surface area contributed by atoms with Gasteiger partial charge in [0, 0.05) is 0 Å². The summed E-state index contributed by atoms with van der Waals surface area (Å²) in [6, 6.07) is 1.83. The van der Waals surface area contributed by atoms with Crippen molar-refractivity contribution in [3.05, 3.63) is 22.8 Å². The maximum Gasteiger partial charge on any atom is 0.560 e. The number of rotatable bonds is 16. The Balaban J connectivity index is 2.13. The molecule has 5 unspecified atom stereocenters. The Labute approximate surface area is 258 Å². The van der Waals surface area contributed by atoms with E-state index in [0.29, 0.717) is 23.5 Å². The molecule has 0 saturated carbocycles. The van der Waals surface area contributed by atoms with E-state index >= 15 is 0 Å². The van der Waals surface area contributed by atoms with Gasteiger partial charge in [0.2, 0.25) is 0 Å². The van der Waals surface area contributed by atoms with E-state index in [1.54, 1.807) is 13.8 Å². The molecule has 0 fully saturated rings. The number of hydrogen-bond acceptors (Lipinski definition) is 9. The summed E-state index contributed by atoms with van der Waals surface area (Å²) in [5, 5.41) is -1.40.